The first-order valence-corrected chi connectivity index (χ1v) is 7.43. The number of carbonyl (C=O) groups excluding carboxylic acids is 1. The maximum atomic E-state index is 12.5. The number of rotatable bonds is 5. The number of ether oxygens (including phenoxy) is 3. The second kappa shape index (κ2) is 8.84. The van der Waals surface area contributed by atoms with Gasteiger partial charge in [0.1, 0.15) is 5.75 Å². The van der Waals surface area contributed by atoms with E-state index in [2.05, 4.69) is 17.6 Å². The van der Waals surface area contributed by atoms with E-state index in [4.69, 9.17) is 14.2 Å². The summed E-state index contributed by atoms with van der Waals surface area (Å²) in [7, 11) is 4.68. The third-order valence-corrected chi connectivity index (χ3v) is 3.96. The Kier molecular flexibility index (Phi) is 7.45. The van der Waals surface area contributed by atoms with E-state index in [9.17, 15) is 4.79 Å². The number of hydrogen-bond acceptors (Lipinski definition) is 5. The molecule has 0 aromatic heterocycles. The average Bonchev–Trinajstić information content (AvgIpc) is 2.54. The van der Waals surface area contributed by atoms with Crippen LogP contribution >= 0.6 is 12.4 Å². The molecule has 1 amide bonds. The van der Waals surface area contributed by atoms with E-state index in [0.717, 1.165) is 19.4 Å². The second-order valence-corrected chi connectivity index (χ2v) is 5.47. The maximum absolute atomic E-state index is 12.5. The van der Waals surface area contributed by atoms with Crippen LogP contribution in [0, 0.1) is 5.92 Å². The van der Waals surface area contributed by atoms with Gasteiger partial charge in [-0.3, -0.25) is 4.79 Å². The molecule has 1 aliphatic rings. The fraction of sp³-hybridized carbons (Fsp3) is 0.562. The van der Waals surface area contributed by atoms with Crippen LogP contribution in [-0.4, -0.2) is 39.8 Å². The fourth-order valence-corrected chi connectivity index (χ4v) is 2.73. The molecule has 1 aliphatic heterocycles. The third kappa shape index (κ3) is 4.65. The van der Waals surface area contributed by atoms with E-state index in [1.807, 2.05) is 0 Å². The molecular formula is C16H25ClN2O4. The van der Waals surface area contributed by atoms with Crippen molar-refractivity contribution in [2.45, 2.75) is 25.8 Å². The zero-order valence-electron chi connectivity index (χ0n) is 14.0. The quantitative estimate of drug-likeness (QED) is 0.858. The molecule has 0 aliphatic carbocycles. The summed E-state index contributed by atoms with van der Waals surface area (Å²) in [4.78, 5) is 12.5. The smallest absolute Gasteiger partial charge is 0.227 e. The van der Waals surface area contributed by atoms with Gasteiger partial charge in [0.2, 0.25) is 5.91 Å². The van der Waals surface area contributed by atoms with E-state index < -0.39 is 0 Å². The molecule has 2 N–H and O–H groups in total. The van der Waals surface area contributed by atoms with Crippen molar-refractivity contribution in [1.82, 2.24) is 5.32 Å². The first-order valence-electron chi connectivity index (χ1n) is 7.43. The zero-order chi connectivity index (χ0) is 16.1. The van der Waals surface area contributed by atoms with Gasteiger partial charge in [0.25, 0.3) is 0 Å². The number of hydrogen-bond donors (Lipinski definition) is 2. The molecule has 7 heteroatoms. The summed E-state index contributed by atoms with van der Waals surface area (Å²) in [5.74, 6) is 1.69. The van der Waals surface area contributed by atoms with Crippen molar-refractivity contribution < 1.29 is 19.0 Å². The molecule has 0 unspecified atom stereocenters. The van der Waals surface area contributed by atoms with Crippen molar-refractivity contribution in [1.29, 1.82) is 0 Å². The summed E-state index contributed by atoms with van der Waals surface area (Å²) in [6, 6.07) is 3.79. The molecule has 0 saturated carbocycles. The van der Waals surface area contributed by atoms with Gasteiger partial charge in [-0.2, -0.15) is 0 Å². The van der Waals surface area contributed by atoms with Crippen LogP contribution in [0.3, 0.4) is 0 Å². The molecular weight excluding hydrogens is 320 g/mol. The Morgan fingerprint density at radius 3 is 2.30 bits per heavy atom. The van der Waals surface area contributed by atoms with Crippen molar-refractivity contribution in [2.24, 2.45) is 5.92 Å². The second-order valence-electron chi connectivity index (χ2n) is 5.47. The molecule has 0 bridgehead atoms. The van der Waals surface area contributed by atoms with Crippen LogP contribution < -0.4 is 24.8 Å². The van der Waals surface area contributed by atoms with Gasteiger partial charge in [0.05, 0.1) is 27.0 Å². The van der Waals surface area contributed by atoms with Crippen LogP contribution in [0.5, 0.6) is 17.2 Å². The molecule has 1 saturated heterocycles. The van der Waals surface area contributed by atoms with Gasteiger partial charge in [0.15, 0.2) is 11.5 Å². The van der Waals surface area contributed by atoms with Gasteiger partial charge in [-0.25, -0.2) is 0 Å². The van der Waals surface area contributed by atoms with E-state index in [0.29, 0.717) is 29.0 Å². The first kappa shape index (κ1) is 19.4. The molecule has 0 radical (unpaired) electrons. The van der Waals surface area contributed by atoms with Crippen LogP contribution in [-0.2, 0) is 4.79 Å². The van der Waals surface area contributed by atoms with Gasteiger partial charge < -0.3 is 24.8 Å². The fourth-order valence-electron chi connectivity index (χ4n) is 2.73. The lowest BCUT2D eigenvalue weighted by atomic mass is 9.92. The topological polar surface area (TPSA) is 68.8 Å². The molecule has 2 rings (SSSR count). The van der Waals surface area contributed by atoms with Crippen molar-refractivity contribution in [3.63, 3.8) is 0 Å². The highest BCUT2D eigenvalue weighted by Crippen LogP contribution is 2.38. The van der Waals surface area contributed by atoms with Gasteiger partial charge in [-0.15, -0.1) is 12.4 Å². The zero-order valence-corrected chi connectivity index (χ0v) is 14.8. The molecule has 1 heterocycles. The Balaban J connectivity index is 0.00000264. The van der Waals surface area contributed by atoms with Crippen LogP contribution in [0.15, 0.2) is 12.1 Å². The van der Waals surface area contributed by atoms with E-state index >= 15 is 0 Å². The number of amides is 1. The predicted octanol–water partition coefficient (Wildman–Crippen LogP) is 2.46. The van der Waals surface area contributed by atoms with E-state index in [-0.39, 0.29) is 24.2 Å². The van der Waals surface area contributed by atoms with Crippen molar-refractivity contribution in [2.75, 3.05) is 33.2 Å². The lowest BCUT2D eigenvalue weighted by Gasteiger charge is -2.27. The van der Waals surface area contributed by atoms with Crippen LogP contribution in [0.1, 0.15) is 19.8 Å². The van der Waals surface area contributed by atoms with Gasteiger partial charge in [0, 0.05) is 24.1 Å². The lowest BCUT2D eigenvalue weighted by Crippen LogP contribution is -2.40. The summed E-state index contributed by atoms with van der Waals surface area (Å²) in [5, 5.41) is 6.30. The third-order valence-electron chi connectivity index (χ3n) is 3.96. The Morgan fingerprint density at radius 1 is 1.13 bits per heavy atom. The van der Waals surface area contributed by atoms with E-state index in [1.54, 1.807) is 33.5 Å². The first-order chi connectivity index (χ1) is 10.6. The normalized spacial score (nSPS) is 20.2. The minimum absolute atomic E-state index is 0. The van der Waals surface area contributed by atoms with Crippen LogP contribution in [0.2, 0.25) is 0 Å². The minimum Gasteiger partial charge on any atom is -0.494 e. The Bertz CT molecular complexity index is 539. The predicted molar refractivity (Wildman–Crippen MR) is 92.2 cm³/mol. The highest BCUT2D eigenvalue weighted by molar-refractivity contribution is 5.94. The molecule has 1 fully saturated rings. The largest absolute Gasteiger partial charge is 0.494 e. The van der Waals surface area contributed by atoms with Gasteiger partial charge >= 0.3 is 0 Å². The highest BCUT2D eigenvalue weighted by atomic mass is 35.5. The monoisotopic (exact) mass is 344 g/mol. The lowest BCUT2D eigenvalue weighted by molar-refractivity contribution is -0.120. The highest BCUT2D eigenvalue weighted by Gasteiger charge is 2.25. The van der Waals surface area contributed by atoms with Crippen molar-refractivity contribution >= 4 is 24.0 Å². The Hall–Kier alpha value is -1.66. The van der Waals surface area contributed by atoms with Crippen LogP contribution in [0.25, 0.3) is 0 Å². The van der Waals surface area contributed by atoms with Crippen molar-refractivity contribution in [3.05, 3.63) is 12.1 Å². The number of benzene rings is 1. The average molecular weight is 345 g/mol. The molecule has 130 valence electrons. The molecule has 1 aromatic carbocycles. The van der Waals surface area contributed by atoms with E-state index in [1.165, 1.54) is 0 Å². The van der Waals surface area contributed by atoms with Gasteiger partial charge in [-0.05, 0) is 26.3 Å². The molecule has 2 atom stereocenters. The minimum atomic E-state index is 0. The number of piperidine rings is 1. The summed E-state index contributed by atoms with van der Waals surface area (Å²) in [6.07, 6.45) is 1.67. The standard InChI is InChI=1S/C16H24N2O4.ClH/c1-10-7-11(5-6-17-10)16(19)18-12-8-14(21-3)15(22-4)9-13(12)20-2;/h8-11,17H,5-7H2,1-4H3,(H,18,19);1H/t10-,11-;/m0./s1. The molecule has 6 nitrogen and oxygen atoms in total. The number of nitrogens with one attached hydrogen (secondary N) is 2. The maximum Gasteiger partial charge on any atom is 0.227 e. The number of halogens is 1. The molecule has 1 aromatic rings. The van der Waals surface area contributed by atoms with Gasteiger partial charge in [-0.1, -0.05) is 0 Å². The molecule has 0 spiro atoms. The summed E-state index contributed by atoms with van der Waals surface area (Å²) >= 11 is 0. The summed E-state index contributed by atoms with van der Waals surface area (Å²) in [5.41, 5.74) is 0.594. The van der Waals surface area contributed by atoms with Crippen LogP contribution in [0.4, 0.5) is 5.69 Å². The Labute approximate surface area is 143 Å². The summed E-state index contributed by atoms with van der Waals surface area (Å²) < 4.78 is 15.9. The van der Waals surface area contributed by atoms with Crippen molar-refractivity contribution in [3.8, 4) is 17.2 Å². The molecule has 23 heavy (non-hydrogen) atoms. The number of carbonyl (C=O) groups is 1. The number of anilines is 1. The summed E-state index contributed by atoms with van der Waals surface area (Å²) in [6.45, 7) is 2.96. The Morgan fingerprint density at radius 2 is 1.74 bits per heavy atom. The SMILES string of the molecule is COc1cc(OC)c(OC)cc1NC(=O)[C@H]1CCN[C@@H](C)C1.Cl. The number of methoxy groups -OCH3 is 3.